The molecule has 1 aliphatic heterocycles. The molecule has 1 saturated carbocycles. The van der Waals surface area contributed by atoms with E-state index < -0.39 is 17.8 Å². The minimum atomic E-state index is -4.50. The van der Waals surface area contributed by atoms with Crippen molar-refractivity contribution < 1.29 is 22.6 Å². The number of ether oxygens (including phenoxy) is 2. The monoisotopic (exact) mass is 515 g/mol. The van der Waals surface area contributed by atoms with E-state index in [-0.39, 0.29) is 11.3 Å². The van der Waals surface area contributed by atoms with E-state index in [4.69, 9.17) is 15.2 Å². The van der Waals surface area contributed by atoms with Crippen LogP contribution in [0.2, 0.25) is 0 Å². The molecule has 1 saturated heterocycles. The van der Waals surface area contributed by atoms with E-state index in [1.54, 1.807) is 33.1 Å². The van der Waals surface area contributed by atoms with E-state index in [0.29, 0.717) is 58.3 Å². The van der Waals surface area contributed by atoms with Crippen molar-refractivity contribution in [2.45, 2.75) is 57.9 Å². The SMILES string of the molecule is COc1cc2nc(C)nc(N[C@H](C)c3cc(N)cc(C(F)(F)F)c3C)c2cc1OC[C@@H]1CC2CC2N1C. The van der Waals surface area contributed by atoms with Gasteiger partial charge in [0.15, 0.2) is 11.5 Å². The zero-order valence-electron chi connectivity index (χ0n) is 21.6. The van der Waals surface area contributed by atoms with Crippen LogP contribution in [0, 0.1) is 19.8 Å². The molecule has 2 fully saturated rings. The van der Waals surface area contributed by atoms with Crippen LogP contribution in [0.1, 0.15) is 48.3 Å². The maximum Gasteiger partial charge on any atom is 0.416 e. The van der Waals surface area contributed by atoms with Gasteiger partial charge in [-0.15, -0.1) is 0 Å². The van der Waals surface area contributed by atoms with Crippen LogP contribution in [0.25, 0.3) is 10.9 Å². The fraction of sp³-hybridized carbons (Fsp3) is 0.481. The molecule has 0 bridgehead atoms. The van der Waals surface area contributed by atoms with Crippen molar-refractivity contribution in [2.75, 3.05) is 31.8 Å². The third kappa shape index (κ3) is 4.86. The minimum Gasteiger partial charge on any atom is -0.493 e. The highest BCUT2D eigenvalue weighted by atomic mass is 19.4. The molecule has 3 N–H and O–H groups in total. The van der Waals surface area contributed by atoms with E-state index in [0.717, 1.165) is 18.4 Å². The third-order valence-corrected chi connectivity index (χ3v) is 7.68. The van der Waals surface area contributed by atoms with Gasteiger partial charge in [0.2, 0.25) is 0 Å². The van der Waals surface area contributed by atoms with Crippen LogP contribution in [0.3, 0.4) is 0 Å². The first-order valence-electron chi connectivity index (χ1n) is 12.4. The molecule has 1 aromatic heterocycles. The van der Waals surface area contributed by atoms with E-state index in [2.05, 4.69) is 27.2 Å². The van der Waals surface area contributed by atoms with E-state index >= 15 is 0 Å². The second kappa shape index (κ2) is 9.24. The first-order chi connectivity index (χ1) is 17.5. The molecular formula is C27H32F3N5O2. The maximum atomic E-state index is 13.6. The summed E-state index contributed by atoms with van der Waals surface area (Å²) < 4.78 is 52.6. The number of nitrogens with one attached hydrogen (secondary N) is 1. The molecule has 1 aliphatic carbocycles. The Morgan fingerprint density at radius 3 is 2.54 bits per heavy atom. The number of rotatable bonds is 7. The third-order valence-electron chi connectivity index (χ3n) is 7.68. The van der Waals surface area contributed by atoms with Crippen molar-refractivity contribution in [3.63, 3.8) is 0 Å². The van der Waals surface area contributed by atoms with E-state index in [9.17, 15) is 13.2 Å². The Morgan fingerprint density at radius 1 is 1.14 bits per heavy atom. The number of nitrogens with two attached hydrogens (primary N) is 1. The predicted molar refractivity (Wildman–Crippen MR) is 137 cm³/mol. The number of aryl methyl sites for hydroxylation is 1. The second-order valence-electron chi connectivity index (χ2n) is 10.2. The van der Waals surface area contributed by atoms with Gasteiger partial charge in [0.05, 0.1) is 24.2 Å². The number of alkyl halides is 3. The Kier molecular flexibility index (Phi) is 6.34. The largest absolute Gasteiger partial charge is 0.493 e. The number of nitrogens with zero attached hydrogens (tertiary/aromatic N) is 3. The lowest BCUT2D eigenvalue weighted by atomic mass is 9.96. The average molecular weight is 516 g/mol. The summed E-state index contributed by atoms with van der Waals surface area (Å²) in [4.78, 5) is 11.5. The first kappa shape index (κ1) is 25.4. The average Bonchev–Trinajstić information content (AvgIpc) is 3.53. The quantitative estimate of drug-likeness (QED) is 0.402. The van der Waals surface area contributed by atoms with Crippen LogP contribution in [-0.2, 0) is 6.18 Å². The molecule has 7 nitrogen and oxygen atoms in total. The zero-order chi connectivity index (χ0) is 26.6. The predicted octanol–water partition coefficient (Wildman–Crippen LogP) is 5.50. The number of hydrogen-bond acceptors (Lipinski definition) is 7. The molecule has 0 amide bonds. The van der Waals surface area contributed by atoms with Crippen LogP contribution in [-0.4, -0.2) is 47.7 Å². The summed E-state index contributed by atoms with van der Waals surface area (Å²) in [5.74, 6) is 2.93. The Bertz CT molecular complexity index is 1350. The normalized spacial score (nSPS) is 22.1. The molecule has 0 radical (unpaired) electrons. The number of hydrogen-bond donors (Lipinski definition) is 2. The fourth-order valence-corrected chi connectivity index (χ4v) is 5.56. The van der Waals surface area contributed by atoms with Gasteiger partial charge in [0, 0.05) is 29.2 Å². The zero-order valence-corrected chi connectivity index (χ0v) is 21.6. The van der Waals surface area contributed by atoms with Crippen LogP contribution in [0.15, 0.2) is 24.3 Å². The van der Waals surface area contributed by atoms with Crippen molar-refractivity contribution in [3.8, 4) is 11.5 Å². The standard InChI is InChI=1S/C27H32F3N5O2/c1-13-19(8-17(31)9-21(13)27(28,29)30)14(2)32-26-20-10-25(24(36-5)11-22(20)33-15(3)34-26)37-12-18-6-16-7-23(16)35(18)4/h8-11,14,16,18,23H,6-7,12,31H2,1-5H3,(H,32,33,34)/t14-,16?,18+,23?/m1/s1. The minimum absolute atomic E-state index is 0.0558. The van der Waals surface area contributed by atoms with Crippen molar-refractivity contribution in [1.82, 2.24) is 14.9 Å². The number of aromatic nitrogens is 2. The van der Waals surface area contributed by atoms with Crippen molar-refractivity contribution >= 4 is 22.4 Å². The van der Waals surface area contributed by atoms with Gasteiger partial charge >= 0.3 is 6.18 Å². The summed E-state index contributed by atoms with van der Waals surface area (Å²) in [6.07, 6.45) is -2.10. The van der Waals surface area contributed by atoms with Gasteiger partial charge in [0.1, 0.15) is 18.2 Å². The Hall–Kier alpha value is -3.27. The molecule has 4 atom stereocenters. The van der Waals surface area contributed by atoms with Crippen LogP contribution in [0.5, 0.6) is 11.5 Å². The smallest absolute Gasteiger partial charge is 0.416 e. The molecule has 37 heavy (non-hydrogen) atoms. The van der Waals surface area contributed by atoms with Gasteiger partial charge in [-0.25, -0.2) is 9.97 Å². The summed E-state index contributed by atoms with van der Waals surface area (Å²) in [5.41, 5.74) is 6.38. The highest BCUT2D eigenvalue weighted by Gasteiger charge is 2.50. The van der Waals surface area contributed by atoms with Crippen molar-refractivity contribution in [1.29, 1.82) is 0 Å². The summed E-state index contributed by atoms with van der Waals surface area (Å²) in [6.45, 7) is 5.55. The number of piperidine rings is 1. The van der Waals surface area contributed by atoms with E-state index in [1.165, 1.54) is 13.3 Å². The summed E-state index contributed by atoms with van der Waals surface area (Å²) in [7, 11) is 3.73. The molecule has 3 aromatic rings. The molecule has 198 valence electrons. The molecule has 0 spiro atoms. The van der Waals surface area contributed by atoms with Crippen LogP contribution >= 0.6 is 0 Å². The lowest BCUT2D eigenvalue weighted by molar-refractivity contribution is -0.138. The maximum absolute atomic E-state index is 13.6. The highest BCUT2D eigenvalue weighted by molar-refractivity contribution is 5.92. The summed E-state index contributed by atoms with van der Waals surface area (Å²) in [6, 6.07) is 6.70. The first-order valence-corrected chi connectivity index (χ1v) is 12.4. The fourth-order valence-electron chi connectivity index (χ4n) is 5.56. The molecule has 10 heteroatoms. The second-order valence-corrected chi connectivity index (χ2v) is 10.2. The lowest BCUT2D eigenvalue weighted by Gasteiger charge is -2.24. The molecule has 2 aromatic carbocycles. The Morgan fingerprint density at radius 2 is 1.89 bits per heavy atom. The molecular weight excluding hydrogens is 483 g/mol. The number of benzene rings is 2. The van der Waals surface area contributed by atoms with Crippen molar-refractivity contribution in [3.05, 3.63) is 46.8 Å². The van der Waals surface area contributed by atoms with Gasteiger partial charge in [-0.3, -0.25) is 4.90 Å². The molecule has 5 rings (SSSR count). The number of likely N-dealkylation sites (N-methyl/N-ethyl adjacent to an activating group) is 1. The molecule has 2 aliphatic rings. The van der Waals surface area contributed by atoms with Gasteiger partial charge in [-0.05, 0) is 75.9 Å². The van der Waals surface area contributed by atoms with Crippen molar-refractivity contribution in [2.24, 2.45) is 5.92 Å². The Labute approximate surface area is 214 Å². The number of halogens is 3. The van der Waals surface area contributed by atoms with Gasteiger partial charge in [-0.1, -0.05) is 0 Å². The van der Waals surface area contributed by atoms with Crippen LogP contribution < -0.4 is 20.5 Å². The van der Waals surface area contributed by atoms with Gasteiger partial charge in [0.25, 0.3) is 0 Å². The molecule has 2 heterocycles. The van der Waals surface area contributed by atoms with Gasteiger partial charge in [-0.2, -0.15) is 13.2 Å². The lowest BCUT2D eigenvalue weighted by Crippen LogP contribution is -2.33. The number of methoxy groups -OCH3 is 1. The Balaban J connectivity index is 1.47. The number of anilines is 2. The van der Waals surface area contributed by atoms with Crippen LogP contribution in [0.4, 0.5) is 24.7 Å². The topological polar surface area (TPSA) is 85.5 Å². The number of nitrogen functional groups attached to an aromatic ring is 1. The number of fused-ring (bicyclic) bond motifs is 2. The summed E-state index contributed by atoms with van der Waals surface area (Å²) in [5, 5.41) is 3.98. The van der Waals surface area contributed by atoms with E-state index in [1.807, 2.05) is 6.07 Å². The summed E-state index contributed by atoms with van der Waals surface area (Å²) >= 11 is 0. The highest BCUT2D eigenvalue weighted by Crippen LogP contribution is 2.47. The molecule has 2 unspecified atom stereocenters. The number of likely N-dealkylation sites (tertiary alicyclic amines) is 1. The van der Waals surface area contributed by atoms with Gasteiger partial charge < -0.3 is 20.5 Å².